The number of anilines is 1. The summed E-state index contributed by atoms with van der Waals surface area (Å²) in [5.41, 5.74) is 1.80. The van der Waals surface area contributed by atoms with Crippen LogP contribution in [0.5, 0.6) is 0 Å². The van der Waals surface area contributed by atoms with E-state index >= 15 is 0 Å². The fourth-order valence-electron chi connectivity index (χ4n) is 1.66. The van der Waals surface area contributed by atoms with Crippen molar-refractivity contribution in [3.63, 3.8) is 0 Å². The van der Waals surface area contributed by atoms with Crippen molar-refractivity contribution >= 4 is 27.0 Å². The Hall–Kier alpha value is -0.620. The van der Waals surface area contributed by atoms with Crippen LogP contribution in [0.4, 0.5) is 5.00 Å². The van der Waals surface area contributed by atoms with Gasteiger partial charge in [-0.3, -0.25) is 4.98 Å². The van der Waals surface area contributed by atoms with Crippen LogP contribution >= 0.6 is 11.3 Å². The Bertz CT molecular complexity index is 345. The van der Waals surface area contributed by atoms with Crippen LogP contribution in [0.3, 0.4) is 0 Å². The molecule has 78 valence electrons. The van der Waals surface area contributed by atoms with Gasteiger partial charge in [0.05, 0.1) is 17.0 Å². The summed E-state index contributed by atoms with van der Waals surface area (Å²) in [7, 11) is -2.23. The lowest BCUT2D eigenvalue weighted by atomic mass is 10.1. The molecule has 0 aliphatic carbocycles. The van der Waals surface area contributed by atoms with E-state index in [1.807, 2.05) is 6.20 Å². The zero-order chi connectivity index (χ0) is 9.97. The largest absolute Gasteiger partial charge is 0.362 e. The van der Waals surface area contributed by atoms with Crippen LogP contribution < -0.4 is 4.90 Å². The van der Waals surface area contributed by atoms with E-state index < -0.39 is 10.7 Å². The first kappa shape index (κ1) is 9.92. The number of thiazole rings is 1. The molecule has 0 radical (unpaired) electrons. The lowest BCUT2D eigenvalue weighted by molar-refractivity contribution is 0.545. The highest BCUT2D eigenvalue weighted by Gasteiger charge is 2.21. The van der Waals surface area contributed by atoms with E-state index in [1.54, 1.807) is 16.8 Å². The van der Waals surface area contributed by atoms with Crippen molar-refractivity contribution < 1.29 is 8.42 Å². The van der Waals surface area contributed by atoms with Gasteiger partial charge in [0.25, 0.3) is 0 Å². The Balaban J connectivity index is 1.97. The summed E-state index contributed by atoms with van der Waals surface area (Å²) >= 11 is 1.60. The van der Waals surface area contributed by atoms with Crippen LogP contribution in [0.25, 0.3) is 0 Å². The maximum Gasteiger partial charge on any atom is 0.143 e. The quantitative estimate of drug-likeness (QED) is 0.764. The lowest BCUT2D eigenvalue weighted by Gasteiger charge is -2.29. The molecule has 0 atom stereocenters. The minimum atomic E-state index is -2.23. The molecule has 1 fully saturated rings. The maximum atomic E-state index is 10.8. The van der Waals surface area contributed by atoms with Crippen molar-refractivity contribution in [3.8, 4) is 0 Å². The summed E-state index contributed by atoms with van der Waals surface area (Å²) in [6, 6.07) is 0. The second kappa shape index (κ2) is 4.27. The Morgan fingerprint density at radius 3 is 2.64 bits per heavy atom. The minimum absolute atomic E-state index is 0.117. The molecular formula is C8H12N2O2S2. The molecule has 0 saturated carbocycles. The zero-order valence-electron chi connectivity index (χ0n) is 7.63. The molecule has 6 heteroatoms. The number of thiol groups is 1. The second-order valence-electron chi connectivity index (χ2n) is 3.34. The molecule has 2 heterocycles. The summed E-state index contributed by atoms with van der Waals surface area (Å²) in [6.45, 7) is 1.66. The van der Waals surface area contributed by atoms with Crippen molar-refractivity contribution in [1.29, 1.82) is 0 Å². The molecule has 0 amide bonds. The first-order valence-corrected chi connectivity index (χ1v) is 6.67. The van der Waals surface area contributed by atoms with Crippen molar-refractivity contribution in [2.45, 2.75) is 18.1 Å². The van der Waals surface area contributed by atoms with Gasteiger partial charge in [-0.05, 0) is 12.8 Å². The van der Waals surface area contributed by atoms with Gasteiger partial charge < -0.3 is 4.90 Å². The van der Waals surface area contributed by atoms with Gasteiger partial charge in [0.1, 0.15) is 15.7 Å². The van der Waals surface area contributed by atoms with Gasteiger partial charge >= 0.3 is 0 Å². The van der Waals surface area contributed by atoms with Crippen LogP contribution in [0.2, 0.25) is 0 Å². The van der Waals surface area contributed by atoms with Crippen molar-refractivity contribution in [3.05, 3.63) is 11.7 Å². The van der Waals surface area contributed by atoms with Crippen LogP contribution in [0.15, 0.2) is 11.7 Å². The van der Waals surface area contributed by atoms with Crippen LogP contribution in [-0.2, 0) is 10.7 Å². The third kappa shape index (κ3) is 2.06. The standard InChI is InChI=1S/C8H12N2O2S2/c11-14(12)7-1-3-10(4-2-7)8-5-9-6-13-8/h5-7,14H,1-4H2. The fraction of sp³-hybridized carbons (Fsp3) is 0.625. The van der Waals surface area contributed by atoms with E-state index in [0.717, 1.165) is 30.9 Å². The summed E-state index contributed by atoms with van der Waals surface area (Å²) in [5, 5.41) is 1.03. The number of hydrogen-bond acceptors (Lipinski definition) is 5. The molecule has 0 bridgehead atoms. The summed E-state index contributed by atoms with van der Waals surface area (Å²) in [6.07, 6.45) is 3.33. The van der Waals surface area contributed by atoms with Gasteiger partial charge in [0.15, 0.2) is 0 Å². The monoisotopic (exact) mass is 232 g/mol. The smallest absolute Gasteiger partial charge is 0.143 e. The van der Waals surface area contributed by atoms with E-state index in [0.29, 0.717) is 0 Å². The number of nitrogens with zero attached hydrogens (tertiary/aromatic N) is 2. The Kier molecular flexibility index (Phi) is 3.02. The molecule has 0 unspecified atom stereocenters. The summed E-state index contributed by atoms with van der Waals surface area (Å²) in [5.74, 6) is 0. The van der Waals surface area contributed by atoms with E-state index in [4.69, 9.17) is 0 Å². The van der Waals surface area contributed by atoms with Crippen molar-refractivity contribution in [2.24, 2.45) is 0 Å². The molecule has 1 aromatic rings. The first-order valence-electron chi connectivity index (χ1n) is 4.54. The Labute approximate surface area is 88.5 Å². The van der Waals surface area contributed by atoms with E-state index in [2.05, 4.69) is 9.88 Å². The van der Waals surface area contributed by atoms with E-state index in [9.17, 15) is 8.42 Å². The van der Waals surface area contributed by atoms with Crippen LogP contribution in [-0.4, -0.2) is 31.7 Å². The molecule has 1 aliphatic heterocycles. The molecule has 2 rings (SSSR count). The third-order valence-corrected chi connectivity index (χ3v) is 4.44. The van der Waals surface area contributed by atoms with Gasteiger partial charge in [-0.25, -0.2) is 8.42 Å². The van der Waals surface area contributed by atoms with Gasteiger partial charge in [-0.15, -0.1) is 11.3 Å². The summed E-state index contributed by atoms with van der Waals surface area (Å²) in [4.78, 5) is 6.21. The normalized spacial score (nSPS) is 19.1. The van der Waals surface area contributed by atoms with Crippen LogP contribution in [0, 0.1) is 0 Å². The predicted octanol–water partition coefficient (Wildman–Crippen LogP) is 0.723. The number of rotatable bonds is 2. The molecule has 1 saturated heterocycles. The average molecular weight is 232 g/mol. The van der Waals surface area contributed by atoms with E-state index in [-0.39, 0.29) is 5.25 Å². The SMILES string of the molecule is O=[SH](=O)C1CCN(c2cncs2)CC1. The van der Waals surface area contributed by atoms with Crippen molar-refractivity contribution in [2.75, 3.05) is 18.0 Å². The highest BCUT2D eigenvalue weighted by atomic mass is 32.2. The minimum Gasteiger partial charge on any atom is -0.362 e. The van der Waals surface area contributed by atoms with Crippen LogP contribution in [0.1, 0.15) is 12.8 Å². The number of hydrogen-bond donors (Lipinski definition) is 1. The molecule has 1 aromatic heterocycles. The second-order valence-corrected chi connectivity index (χ2v) is 5.51. The topological polar surface area (TPSA) is 50.3 Å². The highest BCUT2D eigenvalue weighted by molar-refractivity contribution is 7.73. The molecule has 1 aliphatic rings. The third-order valence-electron chi connectivity index (χ3n) is 2.49. The van der Waals surface area contributed by atoms with Crippen molar-refractivity contribution in [1.82, 2.24) is 4.98 Å². The summed E-state index contributed by atoms with van der Waals surface area (Å²) < 4.78 is 21.5. The van der Waals surface area contributed by atoms with Gasteiger partial charge in [-0.2, -0.15) is 0 Å². The average Bonchev–Trinajstić information content (AvgIpc) is 2.71. The number of piperidine rings is 1. The zero-order valence-corrected chi connectivity index (χ0v) is 9.34. The molecule has 0 N–H and O–H groups in total. The predicted molar refractivity (Wildman–Crippen MR) is 57.7 cm³/mol. The molecule has 0 aromatic carbocycles. The van der Waals surface area contributed by atoms with E-state index in [1.165, 1.54) is 0 Å². The maximum absolute atomic E-state index is 10.8. The molecule has 4 nitrogen and oxygen atoms in total. The molecular weight excluding hydrogens is 220 g/mol. The van der Waals surface area contributed by atoms with Gasteiger partial charge in [0.2, 0.25) is 0 Å². The first-order chi connectivity index (χ1) is 6.77. The van der Waals surface area contributed by atoms with Gasteiger partial charge in [0, 0.05) is 13.1 Å². The fourth-order valence-corrected chi connectivity index (χ4v) is 3.00. The number of aromatic nitrogens is 1. The Morgan fingerprint density at radius 2 is 2.14 bits per heavy atom. The van der Waals surface area contributed by atoms with Gasteiger partial charge in [-0.1, -0.05) is 0 Å². The Morgan fingerprint density at radius 1 is 1.43 bits per heavy atom. The highest BCUT2D eigenvalue weighted by Crippen LogP contribution is 2.24. The molecule has 0 spiro atoms. The lowest BCUT2D eigenvalue weighted by Crippen LogP contribution is -2.35. The molecule has 14 heavy (non-hydrogen) atoms.